The molecule has 22 heavy (non-hydrogen) atoms. The lowest BCUT2D eigenvalue weighted by atomic mass is 10.2. The van der Waals surface area contributed by atoms with Crippen LogP contribution in [0.25, 0.3) is 0 Å². The zero-order valence-electron chi connectivity index (χ0n) is 12.7. The van der Waals surface area contributed by atoms with Gasteiger partial charge in [0.1, 0.15) is 12.4 Å². The summed E-state index contributed by atoms with van der Waals surface area (Å²) in [7, 11) is 0. The van der Waals surface area contributed by atoms with E-state index in [0.717, 1.165) is 12.2 Å². The van der Waals surface area contributed by atoms with Gasteiger partial charge < -0.3 is 14.6 Å². The number of aromatic nitrogens is 2. The minimum Gasteiger partial charge on any atom is -0.492 e. The van der Waals surface area contributed by atoms with Gasteiger partial charge in [0.25, 0.3) is 0 Å². The molecule has 118 valence electrons. The van der Waals surface area contributed by atoms with Gasteiger partial charge in [-0.1, -0.05) is 30.3 Å². The van der Waals surface area contributed by atoms with Gasteiger partial charge in [-0.05, 0) is 18.6 Å². The Hall–Kier alpha value is -2.37. The fourth-order valence-electron chi connectivity index (χ4n) is 1.90. The fourth-order valence-corrected chi connectivity index (χ4v) is 1.90. The Kier molecular flexibility index (Phi) is 6.41. The van der Waals surface area contributed by atoms with Crippen molar-refractivity contribution in [2.75, 3.05) is 13.2 Å². The summed E-state index contributed by atoms with van der Waals surface area (Å²) in [5.74, 6) is 2.11. The van der Waals surface area contributed by atoms with E-state index in [0.29, 0.717) is 44.1 Å². The van der Waals surface area contributed by atoms with Crippen LogP contribution in [0.15, 0.2) is 34.9 Å². The molecule has 2 rings (SSSR count). The summed E-state index contributed by atoms with van der Waals surface area (Å²) >= 11 is 0. The zero-order valence-corrected chi connectivity index (χ0v) is 12.7. The molecule has 0 saturated heterocycles. The summed E-state index contributed by atoms with van der Waals surface area (Å²) in [5, 5.41) is 6.64. The summed E-state index contributed by atoms with van der Waals surface area (Å²) in [6.45, 7) is 2.92. The normalized spacial score (nSPS) is 10.4. The molecule has 0 aliphatic rings. The van der Waals surface area contributed by atoms with Crippen molar-refractivity contribution < 1.29 is 14.1 Å². The van der Waals surface area contributed by atoms with Crippen molar-refractivity contribution in [3.63, 3.8) is 0 Å². The van der Waals surface area contributed by atoms with Crippen LogP contribution < -0.4 is 10.1 Å². The molecule has 1 N–H and O–H groups in total. The maximum Gasteiger partial charge on any atom is 0.226 e. The van der Waals surface area contributed by atoms with E-state index < -0.39 is 0 Å². The maximum absolute atomic E-state index is 11.7. The predicted octanol–water partition coefficient (Wildman–Crippen LogP) is 2.15. The average molecular weight is 303 g/mol. The van der Waals surface area contributed by atoms with Gasteiger partial charge in [-0.3, -0.25) is 4.79 Å². The molecule has 1 heterocycles. The molecule has 0 aliphatic heterocycles. The van der Waals surface area contributed by atoms with E-state index in [1.165, 1.54) is 0 Å². The van der Waals surface area contributed by atoms with E-state index in [9.17, 15) is 4.79 Å². The van der Waals surface area contributed by atoms with Gasteiger partial charge in [-0.25, -0.2) is 0 Å². The Balaban J connectivity index is 1.54. The number of carbonyl (C=O) groups is 1. The summed E-state index contributed by atoms with van der Waals surface area (Å²) in [6, 6.07) is 9.53. The standard InChI is InChI=1S/C16H21N3O3/c1-2-14-18-16(22-19-14)10-6-9-15(20)17-11-12-21-13-7-4-3-5-8-13/h3-5,7-8H,2,6,9-12H2,1H3,(H,17,20). The summed E-state index contributed by atoms with van der Waals surface area (Å²) in [4.78, 5) is 15.9. The highest BCUT2D eigenvalue weighted by Gasteiger charge is 2.06. The molecule has 0 unspecified atom stereocenters. The molecule has 0 radical (unpaired) electrons. The number of para-hydroxylation sites is 1. The molecular weight excluding hydrogens is 282 g/mol. The number of hydrogen-bond acceptors (Lipinski definition) is 5. The minimum absolute atomic E-state index is 0.00638. The highest BCUT2D eigenvalue weighted by molar-refractivity contribution is 5.75. The average Bonchev–Trinajstić information content (AvgIpc) is 3.01. The molecule has 0 fully saturated rings. The molecule has 6 heteroatoms. The van der Waals surface area contributed by atoms with Crippen molar-refractivity contribution in [1.82, 2.24) is 15.5 Å². The lowest BCUT2D eigenvalue weighted by molar-refractivity contribution is -0.121. The number of nitrogens with zero attached hydrogens (tertiary/aromatic N) is 2. The quantitative estimate of drug-likeness (QED) is 0.718. The topological polar surface area (TPSA) is 77.2 Å². The first-order valence-electron chi connectivity index (χ1n) is 7.54. The number of nitrogens with one attached hydrogen (secondary N) is 1. The van der Waals surface area contributed by atoms with Gasteiger partial charge in [0.15, 0.2) is 5.82 Å². The highest BCUT2D eigenvalue weighted by atomic mass is 16.5. The SMILES string of the molecule is CCc1noc(CCCC(=O)NCCOc2ccccc2)n1. The number of ether oxygens (including phenoxy) is 1. The number of rotatable bonds is 9. The fraction of sp³-hybridized carbons (Fsp3) is 0.438. The largest absolute Gasteiger partial charge is 0.492 e. The lowest BCUT2D eigenvalue weighted by Crippen LogP contribution is -2.27. The van der Waals surface area contributed by atoms with Crippen LogP contribution in [0.1, 0.15) is 31.5 Å². The minimum atomic E-state index is 0.00638. The Labute approximate surface area is 129 Å². The molecule has 1 aromatic heterocycles. The van der Waals surface area contributed by atoms with Crippen LogP contribution in [0.3, 0.4) is 0 Å². The molecule has 0 atom stereocenters. The number of amides is 1. The second-order valence-corrected chi connectivity index (χ2v) is 4.82. The van der Waals surface area contributed by atoms with E-state index in [2.05, 4.69) is 15.5 Å². The van der Waals surface area contributed by atoms with Crippen molar-refractivity contribution >= 4 is 5.91 Å². The van der Waals surface area contributed by atoms with Crippen LogP contribution in [0, 0.1) is 0 Å². The molecule has 1 aromatic carbocycles. The van der Waals surface area contributed by atoms with Gasteiger partial charge in [0.2, 0.25) is 11.8 Å². The van der Waals surface area contributed by atoms with E-state index >= 15 is 0 Å². The molecule has 0 spiro atoms. The molecule has 0 bridgehead atoms. The van der Waals surface area contributed by atoms with Crippen LogP contribution in [0.4, 0.5) is 0 Å². The Morgan fingerprint density at radius 2 is 2.14 bits per heavy atom. The van der Waals surface area contributed by atoms with Crippen molar-refractivity contribution in [2.24, 2.45) is 0 Å². The van der Waals surface area contributed by atoms with Crippen molar-refractivity contribution in [2.45, 2.75) is 32.6 Å². The first-order chi connectivity index (χ1) is 10.8. The third kappa shape index (κ3) is 5.55. The smallest absolute Gasteiger partial charge is 0.226 e. The van der Waals surface area contributed by atoms with E-state index in [-0.39, 0.29) is 5.91 Å². The molecule has 1 amide bonds. The van der Waals surface area contributed by atoms with Gasteiger partial charge in [0.05, 0.1) is 6.54 Å². The van der Waals surface area contributed by atoms with Crippen molar-refractivity contribution in [1.29, 1.82) is 0 Å². The van der Waals surface area contributed by atoms with Crippen LogP contribution in [-0.2, 0) is 17.6 Å². The summed E-state index contributed by atoms with van der Waals surface area (Å²) < 4.78 is 10.6. The molecule has 2 aromatic rings. The first kappa shape index (κ1) is 16.0. The van der Waals surface area contributed by atoms with E-state index in [1.54, 1.807) is 0 Å². The van der Waals surface area contributed by atoms with Gasteiger partial charge in [-0.2, -0.15) is 4.98 Å². The second kappa shape index (κ2) is 8.81. The number of hydrogen-bond donors (Lipinski definition) is 1. The van der Waals surface area contributed by atoms with Crippen LogP contribution in [-0.4, -0.2) is 29.2 Å². The number of aryl methyl sites for hydroxylation is 2. The number of carbonyl (C=O) groups excluding carboxylic acids is 1. The molecule has 0 saturated carbocycles. The summed E-state index contributed by atoms with van der Waals surface area (Å²) in [5.41, 5.74) is 0. The summed E-state index contributed by atoms with van der Waals surface area (Å²) in [6.07, 6.45) is 2.51. The van der Waals surface area contributed by atoms with Gasteiger partial charge in [-0.15, -0.1) is 0 Å². The van der Waals surface area contributed by atoms with Crippen LogP contribution in [0.2, 0.25) is 0 Å². The van der Waals surface area contributed by atoms with Crippen molar-refractivity contribution in [3.8, 4) is 5.75 Å². The van der Waals surface area contributed by atoms with E-state index in [1.807, 2.05) is 37.3 Å². The molecule has 6 nitrogen and oxygen atoms in total. The lowest BCUT2D eigenvalue weighted by Gasteiger charge is -2.07. The molecule has 0 aliphatic carbocycles. The maximum atomic E-state index is 11.7. The third-order valence-corrected chi connectivity index (χ3v) is 3.06. The van der Waals surface area contributed by atoms with Crippen LogP contribution in [0.5, 0.6) is 5.75 Å². The first-order valence-corrected chi connectivity index (χ1v) is 7.54. The van der Waals surface area contributed by atoms with Gasteiger partial charge in [0, 0.05) is 19.3 Å². The predicted molar refractivity (Wildman–Crippen MR) is 81.6 cm³/mol. The number of benzene rings is 1. The monoisotopic (exact) mass is 303 g/mol. The Morgan fingerprint density at radius 1 is 1.32 bits per heavy atom. The van der Waals surface area contributed by atoms with E-state index in [4.69, 9.17) is 9.26 Å². The second-order valence-electron chi connectivity index (χ2n) is 4.82. The third-order valence-electron chi connectivity index (χ3n) is 3.06. The Morgan fingerprint density at radius 3 is 2.86 bits per heavy atom. The van der Waals surface area contributed by atoms with Crippen LogP contribution >= 0.6 is 0 Å². The zero-order chi connectivity index (χ0) is 15.6. The highest BCUT2D eigenvalue weighted by Crippen LogP contribution is 2.07. The van der Waals surface area contributed by atoms with Gasteiger partial charge >= 0.3 is 0 Å². The Bertz CT molecular complexity index is 569. The van der Waals surface area contributed by atoms with Crippen molar-refractivity contribution in [3.05, 3.63) is 42.0 Å². The molecular formula is C16H21N3O3.